The lowest BCUT2D eigenvalue weighted by Gasteiger charge is -2.09. The van der Waals surface area contributed by atoms with Crippen LogP contribution in [0.1, 0.15) is 27.2 Å². The summed E-state index contributed by atoms with van der Waals surface area (Å²) in [6.07, 6.45) is 5.83. The monoisotopic (exact) mass is 224 g/mol. The molecule has 0 aliphatic carbocycles. The van der Waals surface area contributed by atoms with Crippen molar-refractivity contribution in [3.8, 4) is 0 Å². The van der Waals surface area contributed by atoms with Crippen LogP contribution < -0.4 is 0 Å². The van der Waals surface area contributed by atoms with E-state index in [0.717, 1.165) is 31.5 Å². The van der Waals surface area contributed by atoms with E-state index in [-0.39, 0.29) is 5.41 Å². The molecule has 0 aromatic carbocycles. The van der Waals surface area contributed by atoms with Crippen molar-refractivity contribution < 1.29 is 4.79 Å². The average molecular weight is 224 g/mol. The van der Waals surface area contributed by atoms with Gasteiger partial charge in [-0.25, -0.2) is 0 Å². The fourth-order valence-electron chi connectivity index (χ4n) is 1.07. The maximum atomic E-state index is 10.7. The molecule has 92 valence electrons. The predicted octanol–water partition coefficient (Wildman–Crippen LogP) is 2.18. The Bertz CT molecular complexity index is 265. The van der Waals surface area contributed by atoms with E-state index < -0.39 is 0 Å². The lowest BCUT2D eigenvalue weighted by atomic mass is 9.95. The Morgan fingerprint density at radius 1 is 1.38 bits per heavy atom. The summed E-state index contributed by atoms with van der Waals surface area (Å²) in [5, 5.41) is 0. The minimum absolute atomic E-state index is 0.388. The summed E-state index contributed by atoms with van der Waals surface area (Å²) in [5.74, 6) is 0. The van der Waals surface area contributed by atoms with Gasteiger partial charge in [-0.2, -0.15) is 0 Å². The Labute approximate surface area is 99.2 Å². The van der Waals surface area contributed by atoms with E-state index in [0.29, 0.717) is 0 Å². The first-order valence-electron chi connectivity index (χ1n) is 5.69. The summed E-state index contributed by atoms with van der Waals surface area (Å²) in [6.45, 7) is 7.63. The minimum Gasteiger partial charge on any atom is -0.309 e. The molecule has 0 radical (unpaired) electrons. The van der Waals surface area contributed by atoms with Crippen LogP contribution in [-0.4, -0.2) is 44.1 Å². The van der Waals surface area contributed by atoms with Crippen LogP contribution in [0.25, 0.3) is 0 Å². The molecule has 3 nitrogen and oxygen atoms in total. The minimum atomic E-state index is -0.388. The number of rotatable bonds is 7. The molecule has 0 fully saturated rings. The van der Waals surface area contributed by atoms with Gasteiger partial charge in [0.2, 0.25) is 0 Å². The Morgan fingerprint density at radius 2 is 2.00 bits per heavy atom. The summed E-state index contributed by atoms with van der Waals surface area (Å²) in [5.41, 5.74) is 0.592. The third kappa shape index (κ3) is 8.36. The number of aldehydes is 1. The third-order valence-corrected chi connectivity index (χ3v) is 2.18. The molecule has 0 amide bonds. The molecule has 16 heavy (non-hydrogen) atoms. The van der Waals surface area contributed by atoms with Crippen LogP contribution >= 0.6 is 0 Å². The van der Waals surface area contributed by atoms with Crippen LogP contribution in [0.3, 0.4) is 0 Å². The van der Waals surface area contributed by atoms with Gasteiger partial charge in [0, 0.05) is 17.7 Å². The summed E-state index contributed by atoms with van der Waals surface area (Å²) < 4.78 is 0. The molecule has 0 heterocycles. The maximum Gasteiger partial charge on any atom is 0.129 e. The zero-order chi connectivity index (χ0) is 12.6. The second-order valence-electron chi connectivity index (χ2n) is 4.95. The van der Waals surface area contributed by atoms with Crippen molar-refractivity contribution in [2.45, 2.75) is 27.2 Å². The standard InChI is InChI=1S/C13H24N2O/c1-12(7-8-13(2,3)11-16)14-9-6-10-15(4)5/h7-8,11H,6,9-10H2,1-5H3. The molecule has 0 bridgehead atoms. The SMILES string of the molecule is CC(C=CC(C)(C)C=O)=NCCCN(C)C. The van der Waals surface area contributed by atoms with Crippen molar-refractivity contribution in [1.82, 2.24) is 4.90 Å². The van der Waals surface area contributed by atoms with Crippen molar-refractivity contribution in [2.75, 3.05) is 27.2 Å². The van der Waals surface area contributed by atoms with E-state index in [4.69, 9.17) is 0 Å². The van der Waals surface area contributed by atoms with Crippen LogP contribution in [0.15, 0.2) is 17.1 Å². The first kappa shape index (κ1) is 15.0. The largest absolute Gasteiger partial charge is 0.309 e. The highest BCUT2D eigenvalue weighted by Gasteiger charge is 2.10. The fourth-order valence-corrected chi connectivity index (χ4v) is 1.07. The number of allylic oxidation sites excluding steroid dienone is 2. The van der Waals surface area contributed by atoms with Gasteiger partial charge in [0.05, 0.1) is 0 Å². The highest BCUT2D eigenvalue weighted by molar-refractivity contribution is 5.93. The van der Waals surface area contributed by atoms with E-state index in [1.807, 2.05) is 32.9 Å². The smallest absolute Gasteiger partial charge is 0.129 e. The van der Waals surface area contributed by atoms with E-state index in [2.05, 4.69) is 24.0 Å². The van der Waals surface area contributed by atoms with Gasteiger partial charge in [0.15, 0.2) is 0 Å². The van der Waals surface area contributed by atoms with Gasteiger partial charge >= 0.3 is 0 Å². The van der Waals surface area contributed by atoms with Crippen LogP contribution in [0, 0.1) is 5.41 Å². The molecule has 0 aromatic heterocycles. The van der Waals surface area contributed by atoms with Gasteiger partial charge < -0.3 is 9.69 Å². The van der Waals surface area contributed by atoms with Crippen LogP contribution in [0.4, 0.5) is 0 Å². The molecule has 0 rings (SSSR count). The van der Waals surface area contributed by atoms with Gasteiger partial charge in [-0.1, -0.05) is 6.08 Å². The van der Waals surface area contributed by atoms with Gasteiger partial charge in [-0.15, -0.1) is 0 Å². The second-order valence-corrected chi connectivity index (χ2v) is 4.95. The number of aliphatic imine (C=N–C) groups is 1. The molecule has 0 aromatic rings. The Kier molecular flexibility index (Phi) is 6.90. The highest BCUT2D eigenvalue weighted by atomic mass is 16.1. The van der Waals surface area contributed by atoms with Crippen LogP contribution in [0.5, 0.6) is 0 Å². The summed E-state index contributed by atoms with van der Waals surface area (Å²) in [7, 11) is 4.12. The van der Waals surface area contributed by atoms with Crippen molar-refractivity contribution in [1.29, 1.82) is 0 Å². The Hall–Kier alpha value is -0.960. The van der Waals surface area contributed by atoms with Gasteiger partial charge in [-0.3, -0.25) is 4.99 Å². The first-order valence-corrected chi connectivity index (χ1v) is 5.69. The third-order valence-electron chi connectivity index (χ3n) is 2.18. The average Bonchev–Trinajstić information content (AvgIpc) is 2.21. The van der Waals surface area contributed by atoms with E-state index in [1.165, 1.54) is 0 Å². The molecular formula is C13H24N2O. The predicted molar refractivity (Wildman–Crippen MR) is 70.1 cm³/mol. The summed E-state index contributed by atoms with van der Waals surface area (Å²) in [6, 6.07) is 0. The molecule has 0 atom stereocenters. The van der Waals surface area contributed by atoms with Crippen LogP contribution in [0.2, 0.25) is 0 Å². The molecule has 0 unspecified atom stereocenters. The summed E-state index contributed by atoms with van der Waals surface area (Å²) >= 11 is 0. The molecule has 0 spiro atoms. The maximum absolute atomic E-state index is 10.7. The molecule has 0 saturated heterocycles. The number of hydrogen-bond donors (Lipinski definition) is 0. The van der Waals surface area contributed by atoms with Gasteiger partial charge in [-0.05, 0) is 53.9 Å². The van der Waals surface area contributed by atoms with Gasteiger partial charge in [0.25, 0.3) is 0 Å². The molecule has 0 saturated carbocycles. The lowest BCUT2D eigenvalue weighted by Crippen LogP contribution is -2.13. The molecule has 3 heteroatoms. The topological polar surface area (TPSA) is 32.7 Å². The number of carbonyl (C=O) groups excluding carboxylic acids is 1. The lowest BCUT2D eigenvalue weighted by molar-refractivity contribution is -0.112. The zero-order valence-electron chi connectivity index (χ0n) is 11.2. The van der Waals surface area contributed by atoms with E-state index >= 15 is 0 Å². The normalized spacial score (nSPS) is 13.8. The number of nitrogens with zero attached hydrogens (tertiary/aromatic N) is 2. The van der Waals surface area contributed by atoms with Gasteiger partial charge in [0.1, 0.15) is 6.29 Å². The number of carbonyl (C=O) groups is 1. The molecule has 0 N–H and O–H groups in total. The van der Waals surface area contributed by atoms with Crippen molar-refractivity contribution in [3.05, 3.63) is 12.2 Å². The Morgan fingerprint density at radius 3 is 2.50 bits per heavy atom. The van der Waals surface area contributed by atoms with Crippen molar-refractivity contribution in [3.63, 3.8) is 0 Å². The Balaban J connectivity index is 4.00. The quantitative estimate of drug-likeness (QED) is 0.377. The van der Waals surface area contributed by atoms with E-state index in [9.17, 15) is 4.79 Å². The summed E-state index contributed by atoms with van der Waals surface area (Å²) in [4.78, 5) is 17.2. The van der Waals surface area contributed by atoms with Crippen molar-refractivity contribution in [2.24, 2.45) is 10.4 Å². The van der Waals surface area contributed by atoms with Crippen LogP contribution in [-0.2, 0) is 4.79 Å². The highest BCUT2D eigenvalue weighted by Crippen LogP contribution is 2.12. The number of hydrogen-bond acceptors (Lipinski definition) is 3. The second kappa shape index (κ2) is 7.34. The zero-order valence-corrected chi connectivity index (χ0v) is 11.2. The molecular weight excluding hydrogens is 200 g/mol. The fraction of sp³-hybridized carbons (Fsp3) is 0.692. The molecule has 0 aliphatic heterocycles. The van der Waals surface area contributed by atoms with E-state index in [1.54, 1.807) is 0 Å². The first-order chi connectivity index (χ1) is 7.37. The van der Waals surface area contributed by atoms with Crippen molar-refractivity contribution >= 4 is 12.0 Å². The molecule has 0 aliphatic rings.